The van der Waals surface area contributed by atoms with E-state index in [0.29, 0.717) is 19.3 Å². The number of rotatable bonds is 6. The SMILES string of the molecule is CCCC(=O)O.CCCC(=O)O.CCCC(=O)O.[Pb][c]1ccccc1. The summed E-state index contributed by atoms with van der Waals surface area (Å²) in [6.07, 6.45) is 3.07. The van der Waals surface area contributed by atoms with Crippen molar-refractivity contribution >= 4 is 46.8 Å². The Morgan fingerprint density at radius 2 is 1.00 bits per heavy atom. The van der Waals surface area contributed by atoms with Crippen molar-refractivity contribution in [2.75, 3.05) is 0 Å². The second kappa shape index (κ2) is 22.6. The van der Waals surface area contributed by atoms with Crippen molar-refractivity contribution in [1.82, 2.24) is 0 Å². The number of carboxylic acids is 3. The van der Waals surface area contributed by atoms with E-state index in [9.17, 15) is 14.4 Å². The van der Waals surface area contributed by atoms with E-state index in [2.05, 4.69) is 24.3 Å². The van der Waals surface area contributed by atoms with Gasteiger partial charge in [-0.2, -0.15) is 0 Å². The van der Waals surface area contributed by atoms with E-state index < -0.39 is 17.9 Å². The van der Waals surface area contributed by atoms with Gasteiger partial charge in [0.25, 0.3) is 0 Å². The molecule has 0 amide bonds. The zero-order chi connectivity index (χ0) is 20.1. The molecule has 0 aliphatic carbocycles. The van der Waals surface area contributed by atoms with E-state index in [1.165, 1.54) is 28.9 Å². The number of aliphatic carboxylic acids is 3. The summed E-state index contributed by atoms with van der Waals surface area (Å²) < 4.78 is 1.46. The topological polar surface area (TPSA) is 112 Å². The fraction of sp³-hybridized carbons (Fsp3) is 0.500. The van der Waals surface area contributed by atoms with Gasteiger partial charge >= 0.3 is 77.1 Å². The van der Waals surface area contributed by atoms with E-state index in [1.807, 2.05) is 26.8 Å². The summed E-state index contributed by atoms with van der Waals surface area (Å²) in [7, 11) is 0. The molecule has 0 unspecified atom stereocenters. The maximum atomic E-state index is 9.60. The number of hydrogen-bond donors (Lipinski definition) is 3. The summed E-state index contributed by atoms with van der Waals surface area (Å²) in [4.78, 5) is 28.8. The van der Waals surface area contributed by atoms with Gasteiger partial charge in [-0.05, 0) is 19.3 Å². The van der Waals surface area contributed by atoms with E-state index in [1.54, 1.807) is 0 Å². The third kappa shape index (κ3) is 39.4. The summed E-state index contributed by atoms with van der Waals surface area (Å²) >= 11 is 1.17. The standard InChI is InChI=1S/C6H5.3C4H8O2.Pb/c1-2-4-6-5-3-1;3*1-2-3-4(5)6;/h1-5H;3*2-3H2,1H3,(H,5,6);. The van der Waals surface area contributed by atoms with Crippen LogP contribution >= 0.6 is 0 Å². The van der Waals surface area contributed by atoms with Crippen LogP contribution in [-0.2, 0) is 14.4 Å². The molecule has 0 spiro atoms. The Morgan fingerprint density at radius 3 is 1.08 bits per heavy atom. The van der Waals surface area contributed by atoms with Gasteiger partial charge in [-0.3, -0.25) is 14.4 Å². The van der Waals surface area contributed by atoms with Crippen LogP contribution in [0.2, 0.25) is 0 Å². The zero-order valence-corrected chi connectivity index (χ0v) is 19.1. The first-order chi connectivity index (χ1) is 11.7. The Balaban J connectivity index is -0.000000259. The number of benzene rings is 1. The van der Waals surface area contributed by atoms with Crippen LogP contribution < -0.4 is 3.12 Å². The van der Waals surface area contributed by atoms with Crippen LogP contribution in [0.25, 0.3) is 0 Å². The number of carbonyl (C=O) groups is 3. The van der Waals surface area contributed by atoms with Gasteiger partial charge < -0.3 is 15.3 Å². The molecule has 3 radical (unpaired) electrons. The molecule has 1 aromatic rings. The van der Waals surface area contributed by atoms with E-state index in [4.69, 9.17) is 15.3 Å². The Kier molecular flexibility index (Phi) is 25.6. The third-order valence-electron chi connectivity index (χ3n) is 2.17. The Morgan fingerprint density at radius 1 is 0.720 bits per heavy atom. The average molecular weight is 549 g/mol. The predicted molar refractivity (Wildman–Crippen MR) is 99.5 cm³/mol. The molecular weight excluding hydrogens is 519 g/mol. The molecule has 3 N–H and O–H groups in total. The molecule has 0 aliphatic rings. The molecule has 1 rings (SSSR count). The van der Waals surface area contributed by atoms with Crippen molar-refractivity contribution in [2.45, 2.75) is 59.3 Å². The minimum absolute atomic E-state index is 0.292. The Hall–Kier alpha value is -1.45. The van der Waals surface area contributed by atoms with Crippen LogP contribution in [0.4, 0.5) is 0 Å². The minimum atomic E-state index is -0.711. The monoisotopic (exact) mass is 549 g/mol. The third-order valence-corrected chi connectivity index (χ3v) is 3.46. The van der Waals surface area contributed by atoms with Gasteiger partial charge in [-0.25, -0.2) is 0 Å². The van der Waals surface area contributed by atoms with Gasteiger partial charge in [-0.15, -0.1) is 0 Å². The molecule has 0 aliphatic heterocycles. The van der Waals surface area contributed by atoms with E-state index >= 15 is 0 Å². The maximum absolute atomic E-state index is 9.60. The first-order valence-corrected chi connectivity index (χ1v) is 10.1. The first kappa shape index (κ1) is 28.4. The Labute approximate surface area is 166 Å². The van der Waals surface area contributed by atoms with Gasteiger partial charge in [0, 0.05) is 19.3 Å². The summed E-state index contributed by atoms with van der Waals surface area (Å²) in [5.74, 6) is -2.13. The molecule has 0 atom stereocenters. The molecule has 0 aromatic heterocycles. The molecule has 141 valence electrons. The van der Waals surface area contributed by atoms with Crippen molar-refractivity contribution in [3.05, 3.63) is 30.3 Å². The molecular formula is C18H29O6Pb. The van der Waals surface area contributed by atoms with Crippen LogP contribution in [0.15, 0.2) is 30.3 Å². The van der Waals surface area contributed by atoms with Crippen LogP contribution in [0, 0.1) is 0 Å². The molecule has 0 bridgehead atoms. The summed E-state index contributed by atoms with van der Waals surface area (Å²) in [6.45, 7) is 5.52. The van der Waals surface area contributed by atoms with Crippen LogP contribution in [0.5, 0.6) is 0 Å². The molecule has 1 aromatic carbocycles. The second-order valence-electron chi connectivity index (χ2n) is 4.80. The molecule has 0 saturated heterocycles. The van der Waals surface area contributed by atoms with E-state index in [-0.39, 0.29) is 0 Å². The van der Waals surface area contributed by atoms with Gasteiger partial charge in [0.15, 0.2) is 0 Å². The van der Waals surface area contributed by atoms with Crippen molar-refractivity contribution in [1.29, 1.82) is 0 Å². The molecule has 6 nitrogen and oxygen atoms in total. The molecule has 0 heterocycles. The van der Waals surface area contributed by atoms with Crippen LogP contribution in [-0.4, -0.2) is 59.0 Å². The predicted octanol–water partition coefficient (Wildman–Crippen LogP) is 3.09. The summed E-state index contributed by atoms with van der Waals surface area (Å²) in [5, 5.41) is 23.7. The van der Waals surface area contributed by atoms with Crippen molar-refractivity contribution in [2.24, 2.45) is 0 Å². The summed E-state index contributed by atoms with van der Waals surface area (Å²) in [5.41, 5.74) is 0. The first-order valence-electron chi connectivity index (χ1n) is 8.13. The molecule has 0 saturated carbocycles. The summed E-state index contributed by atoms with van der Waals surface area (Å²) in [6, 6.07) is 10.5. The van der Waals surface area contributed by atoms with Gasteiger partial charge in [0.2, 0.25) is 0 Å². The fourth-order valence-electron chi connectivity index (χ4n) is 1.08. The normalized spacial score (nSPS) is 8.32. The quantitative estimate of drug-likeness (QED) is 0.471. The van der Waals surface area contributed by atoms with E-state index in [0.717, 1.165) is 19.3 Å². The Bertz CT molecular complexity index is 410. The van der Waals surface area contributed by atoms with Crippen LogP contribution in [0.3, 0.4) is 0 Å². The van der Waals surface area contributed by atoms with Gasteiger partial charge in [0.1, 0.15) is 0 Å². The molecule has 0 fully saturated rings. The molecule has 25 heavy (non-hydrogen) atoms. The second-order valence-corrected chi connectivity index (χ2v) is 7.04. The molecule has 7 heteroatoms. The number of hydrogen-bond acceptors (Lipinski definition) is 3. The van der Waals surface area contributed by atoms with Crippen molar-refractivity contribution in [3.63, 3.8) is 0 Å². The average Bonchev–Trinajstić information content (AvgIpc) is 2.49. The van der Waals surface area contributed by atoms with Crippen LogP contribution in [0.1, 0.15) is 59.3 Å². The van der Waals surface area contributed by atoms with Crippen molar-refractivity contribution < 1.29 is 29.7 Å². The zero-order valence-electron chi connectivity index (χ0n) is 15.2. The fourth-order valence-corrected chi connectivity index (χ4v) is 1.83. The van der Waals surface area contributed by atoms with Gasteiger partial charge in [-0.1, -0.05) is 20.8 Å². The van der Waals surface area contributed by atoms with Crippen molar-refractivity contribution in [3.8, 4) is 0 Å². The van der Waals surface area contributed by atoms with Gasteiger partial charge in [0.05, 0.1) is 0 Å². The number of carboxylic acid groups (broad SMARTS) is 3.